The Morgan fingerprint density at radius 3 is 2.21 bits per heavy atom. The molecule has 0 aliphatic heterocycles. The molecular weight excluding hydrogens is 288 g/mol. The Kier molecular flexibility index (Phi) is 8.97. The molecule has 0 nitrogen and oxygen atoms in total. The van der Waals surface area contributed by atoms with Gasteiger partial charge in [-0.25, -0.2) is 0 Å². The van der Waals surface area contributed by atoms with Gasteiger partial charge in [0.15, 0.2) is 0 Å². The van der Waals surface area contributed by atoms with E-state index < -0.39 is 0 Å². The maximum atomic E-state index is 2.27. The molecule has 0 atom stereocenters. The molecule has 0 saturated heterocycles. The van der Waals surface area contributed by atoms with Crippen molar-refractivity contribution in [3.63, 3.8) is 0 Å². The van der Waals surface area contributed by atoms with Crippen LogP contribution in [0.5, 0.6) is 0 Å². The van der Waals surface area contributed by atoms with Gasteiger partial charge in [0.2, 0.25) is 0 Å². The summed E-state index contributed by atoms with van der Waals surface area (Å²) in [5.74, 6) is 1.03. The van der Waals surface area contributed by atoms with Crippen molar-refractivity contribution in [1.29, 1.82) is 0 Å². The van der Waals surface area contributed by atoms with Gasteiger partial charge in [-0.1, -0.05) is 65.8 Å². The molecule has 2 aromatic rings. The van der Waals surface area contributed by atoms with Gasteiger partial charge < -0.3 is 0 Å². The van der Waals surface area contributed by atoms with Crippen molar-refractivity contribution in [2.75, 3.05) is 6.26 Å². The highest BCUT2D eigenvalue weighted by molar-refractivity contribution is 8.76. The fourth-order valence-corrected chi connectivity index (χ4v) is 3.74. The highest BCUT2D eigenvalue weighted by Gasteiger charge is 1.98. The van der Waals surface area contributed by atoms with E-state index in [1.54, 1.807) is 10.8 Å². The Bertz CT molecular complexity index is 455. The van der Waals surface area contributed by atoms with Crippen molar-refractivity contribution >= 4 is 33.3 Å². The fraction of sp³-hybridized carbons (Fsp3) is 0.250. The summed E-state index contributed by atoms with van der Waals surface area (Å²) in [4.78, 5) is 2.67. The highest BCUT2D eigenvalue weighted by Crippen LogP contribution is 2.30. The maximum absolute atomic E-state index is 2.27. The smallest absolute Gasteiger partial charge is 0.0232 e. The van der Waals surface area contributed by atoms with Gasteiger partial charge in [0, 0.05) is 15.5 Å². The third-order valence-electron chi connectivity index (χ3n) is 2.23. The van der Waals surface area contributed by atoms with Gasteiger partial charge in [-0.3, -0.25) is 0 Å². The average molecular weight is 309 g/mol. The van der Waals surface area contributed by atoms with Crippen molar-refractivity contribution in [1.82, 2.24) is 0 Å². The van der Waals surface area contributed by atoms with Crippen LogP contribution in [0, 0.1) is 0 Å². The second-order valence-corrected chi connectivity index (χ2v) is 7.02. The molecular formula is C16H20S3. The van der Waals surface area contributed by atoms with E-state index in [1.165, 1.54) is 15.4 Å². The zero-order chi connectivity index (χ0) is 13.9. The molecule has 2 rings (SSSR count). The topological polar surface area (TPSA) is 0 Å². The lowest BCUT2D eigenvalue weighted by atomic mass is 10.2. The normalized spacial score (nSPS) is 9.63. The van der Waals surface area contributed by atoms with Crippen molar-refractivity contribution in [3.05, 3.63) is 60.2 Å². The predicted molar refractivity (Wildman–Crippen MR) is 93.2 cm³/mol. The second kappa shape index (κ2) is 10.3. The zero-order valence-corrected chi connectivity index (χ0v) is 14.1. The Balaban J connectivity index is 0.000000861. The summed E-state index contributed by atoms with van der Waals surface area (Å²) in [5, 5.41) is 0. The van der Waals surface area contributed by atoms with Crippen LogP contribution < -0.4 is 0 Å². The first-order valence-electron chi connectivity index (χ1n) is 6.36. The molecule has 0 N–H and O–H groups in total. The molecule has 0 bridgehead atoms. The predicted octanol–water partition coefficient (Wildman–Crippen LogP) is 6.38. The standard InChI is InChI=1S/C14H14S3.C2H6/c1-15-17-14-9-5-6-12(10-14)11-16-13-7-3-2-4-8-13;1-2/h2-10H,11H2,1H3;1-2H3. The third kappa shape index (κ3) is 6.46. The first-order chi connectivity index (χ1) is 9.38. The van der Waals surface area contributed by atoms with Gasteiger partial charge >= 0.3 is 0 Å². The number of hydrogen-bond donors (Lipinski definition) is 0. The fourth-order valence-electron chi connectivity index (χ4n) is 1.47. The molecule has 0 aliphatic rings. The molecule has 0 spiro atoms. The Hall–Kier alpha value is -0.510. The Morgan fingerprint density at radius 2 is 1.53 bits per heavy atom. The Morgan fingerprint density at radius 1 is 0.842 bits per heavy atom. The quantitative estimate of drug-likeness (QED) is 0.465. The molecule has 0 radical (unpaired) electrons. The minimum Gasteiger partial charge on any atom is -0.121 e. The van der Waals surface area contributed by atoms with Crippen LogP contribution in [0.1, 0.15) is 19.4 Å². The van der Waals surface area contributed by atoms with Crippen LogP contribution in [0.3, 0.4) is 0 Å². The molecule has 19 heavy (non-hydrogen) atoms. The van der Waals surface area contributed by atoms with Crippen LogP contribution in [0.4, 0.5) is 0 Å². The third-order valence-corrected chi connectivity index (χ3v) is 5.00. The van der Waals surface area contributed by atoms with E-state index in [-0.39, 0.29) is 0 Å². The van der Waals surface area contributed by atoms with E-state index >= 15 is 0 Å². The summed E-state index contributed by atoms with van der Waals surface area (Å²) in [6.45, 7) is 4.00. The van der Waals surface area contributed by atoms with Crippen LogP contribution >= 0.6 is 33.3 Å². The van der Waals surface area contributed by atoms with Crippen LogP contribution in [0.25, 0.3) is 0 Å². The SMILES string of the molecule is CC.CSSc1cccc(CSc2ccccc2)c1. The van der Waals surface area contributed by atoms with E-state index in [2.05, 4.69) is 60.9 Å². The number of benzene rings is 2. The van der Waals surface area contributed by atoms with E-state index in [0.29, 0.717) is 0 Å². The lowest BCUT2D eigenvalue weighted by molar-refractivity contribution is 1.32. The van der Waals surface area contributed by atoms with Gasteiger partial charge in [0.25, 0.3) is 0 Å². The van der Waals surface area contributed by atoms with Crippen LogP contribution in [0.15, 0.2) is 64.4 Å². The number of hydrogen-bond acceptors (Lipinski definition) is 3. The highest BCUT2D eigenvalue weighted by atomic mass is 33.1. The van der Waals surface area contributed by atoms with Gasteiger partial charge in [0.1, 0.15) is 0 Å². The molecule has 3 heteroatoms. The molecule has 2 aromatic carbocycles. The monoisotopic (exact) mass is 308 g/mol. The molecule has 0 unspecified atom stereocenters. The van der Waals surface area contributed by atoms with Crippen molar-refractivity contribution in [2.24, 2.45) is 0 Å². The van der Waals surface area contributed by atoms with Gasteiger partial charge in [0.05, 0.1) is 0 Å². The second-order valence-electron chi connectivity index (χ2n) is 3.50. The van der Waals surface area contributed by atoms with Crippen molar-refractivity contribution in [3.8, 4) is 0 Å². The lowest BCUT2D eigenvalue weighted by Gasteiger charge is -2.04. The van der Waals surface area contributed by atoms with E-state index in [9.17, 15) is 0 Å². The summed E-state index contributed by atoms with van der Waals surface area (Å²) >= 11 is 1.88. The minimum atomic E-state index is 1.03. The van der Waals surface area contributed by atoms with Crippen molar-refractivity contribution in [2.45, 2.75) is 29.4 Å². The molecule has 0 aliphatic carbocycles. The number of thioether (sulfide) groups is 1. The van der Waals surface area contributed by atoms with Crippen LogP contribution in [0.2, 0.25) is 0 Å². The zero-order valence-electron chi connectivity index (χ0n) is 11.6. The summed E-state index contributed by atoms with van der Waals surface area (Å²) in [5.41, 5.74) is 1.39. The van der Waals surface area contributed by atoms with E-state index in [0.717, 1.165) is 5.75 Å². The summed E-state index contributed by atoms with van der Waals surface area (Å²) in [7, 11) is 3.61. The summed E-state index contributed by atoms with van der Waals surface area (Å²) in [6.07, 6.45) is 2.11. The van der Waals surface area contributed by atoms with Gasteiger partial charge in [-0.15, -0.1) is 11.8 Å². The molecule has 0 aromatic heterocycles. The van der Waals surface area contributed by atoms with Gasteiger partial charge in [-0.2, -0.15) is 0 Å². The van der Waals surface area contributed by atoms with Gasteiger partial charge in [-0.05, 0) is 36.1 Å². The van der Waals surface area contributed by atoms with Crippen LogP contribution in [-0.2, 0) is 5.75 Å². The average Bonchev–Trinajstić information content (AvgIpc) is 2.49. The van der Waals surface area contributed by atoms with Crippen LogP contribution in [-0.4, -0.2) is 6.26 Å². The molecule has 0 saturated carbocycles. The molecule has 0 amide bonds. The molecule has 0 heterocycles. The molecule has 102 valence electrons. The largest absolute Gasteiger partial charge is 0.121 e. The Labute approximate surface area is 129 Å². The van der Waals surface area contributed by atoms with E-state index in [1.807, 2.05) is 36.4 Å². The first kappa shape index (κ1) is 16.5. The number of rotatable bonds is 5. The molecule has 0 fully saturated rings. The maximum Gasteiger partial charge on any atom is 0.0232 e. The summed E-state index contributed by atoms with van der Waals surface area (Å²) < 4.78 is 0. The summed E-state index contributed by atoms with van der Waals surface area (Å²) in [6, 6.07) is 19.3. The minimum absolute atomic E-state index is 1.03. The van der Waals surface area contributed by atoms with Crippen molar-refractivity contribution < 1.29 is 0 Å². The first-order valence-corrected chi connectivity index (χ1v) is 9.90. The van der Waals surface area contributed by atoms with E-state index in [4.69, 9.17) is 0 Å². The lowest BCUT2D eigenvalue weighted by Crippen LogP contribution is -1.80.